The number of anilines is 1. The van der Waals surface area contributed by atoms with E-state index in [1.807, 2.05) is 56.1 Å². The van der Waals surface area contributed by atoms with E-state index in [1.54, 1.807) is 23.9 Å². The third-order valence-electron chi connectivity index (χ3n) is 5.55. The second-order valence-corrected chi connectivity index (χ2v) is 8.54. The summed E-state index contributed by atoms with van der Waals surface area (Å²) < 4.78 is 18.0. The molecule has 1 amide bonds. The Kier molecular flexibility index (Phi) is 8.64. The minimum absolute atomic E-state index is 0.310. The van der Waals surface area contributed by atoms with Gasteiger partial charge in [0.25, 0.3) is 5.91 Å². The van der Waals surface area contributed by atoms with Crippen LogP contribution in [0.2, 0.25) is 0 Å². The first-order valence-corrected chi connectivity index (χ1v) is 12.1. The van der Waals surface area contributed by atoms with Crippen LogP contribution in [0.25, 0.3) is 0 Å². The fraction of sp³-hybridized carbons (Fsp3) is 0.320. The summed E-state index contributed by atoms with van der Waals surface area (Å²) in [5.74, 6) is 1.12. The number of ether oxygens (including phenoxy) is 3. The van der Waals surface area contributed by atoms with Crippen molar-refractivity contribution in [3.63, 3.8) is 0 Å². The second-order valence-electron chi connectivity index (χ2n) is 7.66. The van der Waals surface area contributed by atoms with Crippen LogP contribution in [0.3, 0.4) is 0 Å². The zero-order valence-corrected chi connectivity index (χ0v) is 21.9. The van der Waals surface area contributed by atoms with Gasteiger partial charge in [-0.3, -0.25) is 14.8 Å². The van der Waals surface area contributed by atoms with Crippen molar-refractivity contribution in [2.75, 3.05) is 32.9 Å². The van der Waals surface area contributed by atoms with Gasteiger partial charge in [0, 0.05) is 34.5 Å². The maximum absolute atomic E-state index is 13.2. The predicted molar refractivity (Wildman–Crippen MR) is 139 cm³/mol. The molecule has 1 aromatic heterocycles. The van der Waals surface area contributed by atoms with E-state index < -0.39 is 0 Å². The summed E-state index contributed by atoms with van der Waals surface area (Å²) in [6.45, 7) is 4.29. The van der Waals surface area contributed by atoms with Crippen LogP contribution in [0.15, 0.2) is 46.3 Å². The Morgan fingerprint density at radius 2 is 1.77 bits per heavy atom. The first-order chi connectivity index (χ1) is 16.8. The lowest BCUT2D eigenvalue weighted by atomic mass is 10.1. The van der Waals surface area contributed by atoms with E-state index >= 15 is 0 Å². The van der Waals surface area contributed by atoms with Gasteiger partial charge in [-0.05, 0) is 50.4 Å². The first kappa shape index (κ1) is 26.0. The average Bonchev–Trinajstić information content (AvgIpc) is 3.11. The van der Waals surface area contributed by atoms with Gasteiger partial charge >= 0.3 is 0 Å². The number of methoxy groups -OCH3 is 3. The Balaban J connectivity index is 1.94. The maximum atomic E-state index is 13.2. The van der Waals surface area contributed by atoms with E-state index in [9.17, 15) is 4.79 Å². The highest BCUT2D eigenvalue weighted by Crippen LogP contribution is 2.38. The van der Waals surface area contributed by atoms with Gasteiger partial charge in [-0.2, -0.15) is 5.10 Å². The molecule has 0 atom stereocenters. The van der Waals surface area contributed by atoms with Crippen molar-refractivity contribution in [2.45, 2.75) is 25.3 Å². The van der Waals surface area contributed by atoms with E-state index in [1.165, 1.54) is 21.3 Å². The van der Waals surface area contributed by atoms with E-state index in [0.29, 0.717) is 35.3 Å². The number of hydrogen-bond acceptors (Lipinski definition) is 7. The molecule has 0 bridgehead atoms. The zero-order valence-electron chi connectivity index (χ0n) is 21.1. The number of carbonyl (C=O) groups is 1. The molecule has 0 aliphatic heterocycles. The Bertz CT molecular complexity index is 1210. The number of guanidine groups is 1. The lowest BCUT2D eigenvalue weighted by molar-refractivity contribution is 0.0976. The fourth-order valence-corrected chi connectivity index (χ4v) is 4.00. The van der Waals surface area contributed by atoms with Crippen molar-refractivity contribution in [1.82, 2.24) is 15.1 Å². The number of benzene rings is 2. The largest absolute Gasteiger partial charge is 0.493 e. The van der Waals surface area contributed by atoms with E-state index in [4.69, 9.17) is 19.2 Å². The van der Waals surface area contributed by atoms with Crippen molar-refractivity contribution in [2.24, 2.45) is 12.0 Å². The van der Waals surface area contributed by atoms with E-state index in [-0.39, 0.29) is 5.91 Å². The molecule has 0 radical (unpaired) electrons. The van der Waals surface area contributed by atoms with Crippen molar-refractivity contribution in [3.8, 4) is 17.2 Å². The number of nitrogens with zero attached hydrogens (tertiary/aromatic N) is 3. The van der Waals surface area contributed by atoms with Crippen molar-refractivity contribution < 1.29 is 19.0 Å². The molecule has 2 N–H and O–H groups in total. The number of aromatic nitrogens is 2. The third-order valence-corrected chi connectivity index (χ3v) is 6.27. The summed E-state index contributed by atoms with van der Waals surface area (Å²) in [5.41, 5.74) is 4.06. The number of amides is 1. The highest BCUT2D eigenvalue weighted by Gasteiger charge is 2.18. The van der Waals surface area contributed by atoms with Crippen molar-refractivity contribution >= 4 is 29.3 Å². The molecule has 0 aliphatic carbocycles. The Hall–Kier alpha value is -3.66. The minimum atomic E-state index is -0.379. The van der Waals surface area contributed by atoms with Gasteiger partial charge in [-0.1, -0.05) is 6.07 Å². The molecule has 0 fully saturated rings. The summed E-state index contributed by atoms with van der Waals surface area (Å²) in [4.78, 5) is 19.0. The number of thioether (sulfide) groups is 1. The summed E-state index contributed by atoms with van der Waals surface area (Å²) in [6, 6.07) is 11.1. The van der Waals surface area contributed by atoms with Crippen LogP contribution in [0, 0.1) is 13.8 Å². The van der Waals surface area contributed by atoms with Crippen LogP contribution >= 0.6 is 11.8 Å². The summed E-state index contributed by atoms with van der Waals surface area (Å²) in [7, 11) is 6.42. The van der Waals surface area contributed by atoms with Crippen LogP contribution < -0.4 is 24.8 Å². The molecule has 1 heterocycles. The monoisotopic (exact) mass is 497 g/mol. The number of carbonyl (C=O) groups excluding carboxylic acids is 1. The number of rotatable bonds is 8. The quantitative estimate of drug-likeness (QED) is 0.274. The smallest absolute Gasteiger partial charge is 0.258 e. The van der Waals surface area contributed by atoms with Crippen LogP contribution in [-0.4, -0.2) is 49.2 Å². The second kappa shape index (κ2) is 11.7. The highest BCUT2D eigenvalue weighted by atomic mass is 32.2. The van der Waals surface area contributed by atoms with Crippen LogP contribution in [0.5, 0.6) is 17.2 Å². The molecular formula is C25H31N5O4S. The highest BCUT2D eigenvalue weighted by molar-refractivity contribution is 7.98. The molecule has 0 unspecified atom stereocenters. The first-order valence-electron chi connectivity index (χ1n) is 10.9. The Labute approximate surface area is 209 Å². The number of aryl methyl sites for hydroxylation is 2. The van der Waals surface area contributed by atoms with Crippen LogP contribution in [0.1, 0.15) is 27.3 Å². The van der Waals surface area contributed by atoms with Gasteiger partial charge in [0.1, 0.15) is 0 Å². The SMILES string of the molecule is COc1cc(C(=O)NC(=NCc2c(C)nn(C)c2C)Nc2cccc(SC)c2)cc(OC)c1OC. The normalized spacial score (nSPS) is 11.2. The van der Waals surface area contributed by atoms with Crippen LogP contribution in [0.4, 0.5) is 5.69 Å². The van der Waals surface area contributed by atoms with Crippen LogP contribution in [-0.2, 0) is 13.6 Å². The molecule has 2 aromatic carbocycles. The number of hydrogen-bond donors (Lipinski definition) is 2. The molecule has 35 heavy (non-hydrogen) atoms. The maximum Gasteiger partial charge on any atom is 0.258 e. The topological polar surface area (TPSA) is 99.0 Å². The summed E-state index contributed by atoms with van der Waals surface area (Å²) in [5, 5.41) is 10.6. The lowest BCUT2D eigenvalue weighted by Gasteiger charge is -2.15. The van der Waals surface area contributed by atoms with E-state index in [0.717, 1.165) is 27.5 Å². The van der Waals surface area contributed by atoms with Gasteiger partial charge in [0.2, 0.25) is 11.7 Å². The van der Waals surface area contributed by atoms with Crippen molar-refractivity contribution in [1.29, 1.82) is 0 Å². The van der Waals surface area contributed by atoms with Gasteiger partial charge in [-0.15, -0.1) is 11.8 Å². The molecular weight excluding hydrogens is 466 g/mol. The predicted octanol–water partition coefficient (Wildman–Crippen LogP) is 4.18. The standard InChI is InChI=1S/C25H31N5O4S/c1-15-20(16(2)30(3)29-15)14-26-25(27-18-9-8-10-19(13-18)35-7)28-24(31)17-11-21(32-4)23(34-6)22(12-17)33-5/h8-13H,14H2,1-7H3,(H2,26,27,28,31). The number of nitrogens with one attached hydrogen (secondary N) is 2. The van der Waals surface area contributed by atoms with Gasteiger partial charge < -0.3 is 19.5 Å². The molecule has 0 saturated carbocycles. The molecule has 3 rings (SSSR count). The summed E-state index contributed by atoms with van der Waals surface area (Å²) >= 11 is 1.63. The molecule has 186 valence electrons. The molecule has 10 heteroatoms. The Morgan fingerprint density at radius 1 is 1.09 bits per heavy atom. The lowest BCUT2D eigenvalue weighted by Crippen LogP contribution is -2.36. The number of aliphatic imine (C=N–C) groups is 1. The molecule has 0 spiro atoms. The van der Waals surface area contributed by atoms with E-state index in [2.05, 4.69) is 15.7 Å². The molecule has 9 nitrogen and oxygen atoms in total. The fourth-order valence-electron chi connectivity index (χ4n) is 3.54. The summed E-state index contributed by atoms with van der Waals surface area (Å²) in [6.07, 6.45) is 2.01. The van der Waals surface area contributed by atoms with Gasteiger partial charge in [-0.25, -0.2) is 4.99 Å². The van der Waals surface area contributed by atoms with Gasteiger partial charge in [0.05, 0.1) is 33.6 Å². The molecule has 3 aromatic rings. The molecule has 0 aliphatic rings. The van der Waals surface area contributed by atoms with Gasteiger partial charge in [0.15, 0.2) is 11.5 Å². The average molecular weight is 498 g/mol. The zero-order chi connectivity index (χ0) is 25.5. The minimum Gasteiger partial charge on any atom is -0.493 e. The molecule has 0 saturated heterocycles. The Morgan fingerprint density at radius 3 is 2.31 bits per heavy atom. The van der Waals surface area contributed by atoms with Crippen molar-refractivity contribution in [3.05, 3.63) is 58.9 Å². The third kappa shape index (κ3) is 6.07.